The summed E-state index contributed by atoms with van der Waals surface area (Å²) in [7, 11) is 0. The minimum absolute atomic E-state index is 0.533. The summed E-state index contributed by atoms with van der Waals surface area (Å²) < 4.78 is 0. The van der Waals surface area contributed by atoms with Gasteiger partial charge in [0.05, 0.1) is 0 Å². The van der Waals surface area contributed by atoms with Crippen molar-refractivity contribution in [3.05, 3.63) is 23.9 Å². The highest BCUT2D eigenvalue weighted by atomic mass is 35.5. The van der Waals surface area contributed by atoms with Gasteiger partial charge in [0, 0.05) is 25.2 Å². The highest BCUT2D eigenvalue weighted by Gasteiger charge is 2.09. The predicted octanol–water partition coefficient (Wildman–Crippen LogP) is 3.69. The minimum Gasteiger partial charge on any atom is -0.357 e. The lowest BCUT2D eigenvalue weighted by molar-refractivity contribution is 0.545. The van der Waals surface area contributed by atoms with Gasteiger partial charge in [0.25, 0.3) is 0 Å². The number of hydrogen-bond donors (Lipinski definition) is 0. The Hall–Kier alpha value is -0.760. The van der Waals surface area contributed by atoms with E-state index in [2.05, 4.69) is 42.8 Å². The smallest absolute Gasteiger partial charge is 0.128 e. The van der Waals surface area contributed by atoms with E-state index < -0.39 is 0 Å². The maximum atomic E-state index is 5.75. The molecule has 1 rings (SSSR count). The maximum Gasteiger partial charge on any atom is 0.128 e. The standard InChI is InChI=1S/C13H21ClN2/c1-4-11(3)10-16(5-2)13-7-6-12(8-14)9-15-13/h6-7,9,11H,4-5,8,10H2,1-3H3. The summed E-state index contributed by atoms with van der Waals surface area (Å²) >= 11 is 5.75. The van der Waals surface area contributed by atoms with Crippen molar-refractivity contribution in [1.29, 1.82) is 0 Å². The molecular weight excluding hydrogens is 220 g/mol. The van der Waals surface area contributed by atoms with Gasteiger partial charge in [0.15, 0.2) is 0 Å². The molecular formula is C13H21ClN2. The zero-order chi connectivity index (χ0) is 12.0. The molecule has 0 aromatic carbocycles. The summed E-state index contributed by atoms with van der Waals surface area (Å²) in [6, 6.07) is 4.11. The maximum absolute atomic E-state index is 5.75. The molecule has 1 aromatic rings. The lowest BCUT2D eigenvalue weighted by Gasteiger charge is -2.25. The van der Waals surface area contributed by atoms with Crippen LogP contribution in [0.3, 0.4) is 0 Å². The lowest BCUT2D eigenvalue weighted by atomic mass is 10.1. The highest BCUT2D eigenvalue weighted by Crippen LogP contribution is 2.15. The van der Waals surface area contributed by atoms with Crippen molar-refractivity contribution in [2.45, 2.75) is 33.1 Å². The molecule has 0 aliphatic heterocycles. The van der Waals surface area contributed by atoms with Gasteiger partial charge in [-0.2, -0.15) is 0 Å². The van der Waals surface area contributed by atoms with Gasteiger partial charge in [0.1, 0.15) is 5.82 Å². The fourth-order valence-electron chi connectivity index (χ4n) is 1.57. The largest absolute Gasteiger partial charge is 0.357 e. The Morgan fingerprint density at radius 2 is 2.12 bits per heavy atom. The molecule has 0 radical (unpaired) electrons. The van der Waals surface area contributed by atoms with Crippen molar-refractivity contribution >= 4 is 17.4 Å². The molecule has 0 aliphatic rings. The molecule has 1 heterocycles. The molecule has 1 aromatic heterocycles. The first-order chi connectivity index (χ1) is 7.71. The van der Waals surface area contributed by atoms with Crippen LogP contribution in [-0.2, 0) is 5.88 Å². The Bertz CT molecular complexity index is 297. The first-order valence-corrected chi connectivity index (χ1v) is 6.50. The Morgan fingerprint density at radius 3 is 2.56 bits per heavy atom. The van der Waals surface area contributed by atoms with Crippen molar-refractivity contribution in [2.75, 3.05) is 18.0 Å². The van der Waals surface area contributed by atoms with Gasteiger partial charge in [-0.15, -0.1) is 11.6 Å². The normalized spacial score (nSPS) is 12.5. The van der Waals surface area contributed by atoms with Gasteiger partial charge in [-0.05, 0) is 24.5 Å². The van der Waals surface area contributed by atoms with Gasteiger partial charge < -0.3 is 4.90 Å². The molecule has 0 N–H and O–H groups in total. The molecule has 2 nitrogen and oxygen atoms in total. The average molecular weight is 241 g/mol. The summed E-state index contributed by atoms with van der Waals surface area (Å²) in [4.78, 5) is 6.76. The molecule has 0 saturated carbocycles. The van der Waals surface area contributed by atoms with Crippen LogP contribution in [0.25, 0.3) is 0 Å². The van der Waals surface area contributed by atoms with Gasteiger partial charge in [-0.25, -0.2) is 4.98 Å². The Kier molecular flexibility index (Phi) is 5.61. The third-order valence-electron chi connectivity index (χ3n) is 2.90. The topological polar surface area (TPSA) is 16.1 Å². The molecule has 0 bridgehead atoms. The number of aromatic nitrogens is 1. The zero-order valence-corrected chi connectivity index (χ0v) is 11.2. The Labute approximate surface area is 104 Å². The summed E-state index contributed by atoms with van der Waals surface area (Å²) in [5.41, 5.74) is 1.07. The van der Waals surface area contributed by atoms with Crippen LogP contribution in [0.2, 0.25) is 0 Å². The molecule has 1 unspecified atom stereocenters. The van der Waals surface area contributed by atoms with Crippen molar-refractivity contribution in [2.24, 2.45) is 5.92 Å². The van der Waals surface area contributed by atoms with Crippen molar-refractivity contribution < 1.29 is 0 Å². The number of rotatable bonds is 6. The fraction of sp³-hybridized carbons (Fsp3) is 0.615. The molecule has 0 spiro atoms. The SMILES string of the molecule is CCC(C)CN(CC)c1ccc(CCl)cn1. The van der Waals surface area contributed by atoms with Crippen LogP contribution in [0.4, 0.5) is 5.82 Å². The van der Waals surface area contributed by atoms with Crippen LogP contribution in [0.1, 0.15) is 32.8 Å². The number of alkyl halides is 1. The van der Waals surface area contributed by atoms with Crippen molar-refractivity contribution in [3.8, 4) is 0 Å². The Balaban J connectivity index is 2.70. The number of pyridine rings is 1. The molecule has 0 amide bonds. The molecule has 90 valence electrons. The summed E-state index contributed by atoms with van der Waals surface area (Å²) in [6.07, 6.45) is 3.07. The zero-order valence-electron chi connectivity index (χ0n) is 10.4. The first kappa shape index (κ1) is 13.3. The Morgan fingerprint density at radius 1 is 1.38 bits per heavy atom. The fourth-order valence-corrected chi connectivity index (χ4v) is 1.73. The van der Waals surface area contributed by atoms with Gasteiger partial charge in [0.2, 0.25) is 0 Å². The van der Waals surface area contributed by atoms with Crippen molar-refractivity contribution in [1.82, 2.24) is 4.98 Å². The van der Waals surface area contributed by atoms with Crippen LogP contribution in [0.5, 0.6) is 0 Å². The molecule has 1 atom stereocenters. The molecule has 0 aliphatic carbocycles. The third kappa shape index (κ3) is 3.67. The summed E-state index contributed by atoms with van der Waals surface area (Å²) in [5, 5.41) is 0. The van der Waals surface area contributed by atoms with E-state index in [1.807, 2.05) is 6.20 Å². The van der Waals surface area contributed by atoms with E-state index in [-0.39, 0.29) is 0 Å². The van der Waals surface area contributed by atoms with Gasteiger partial charge in [-0.1, -0.05) is 26.3 Å². The minimum atomic E-state index is 0.533. The number of anilines is 1. The van der Waals surface area contributed by atoms with E-state index in [0.717, 1.165) is 24.5 Å². The molecule has 0 saturated heterocycles. The summed E-state index contributed by atoms with van der Waals surface area (Å²) in [5.74, 6) is 2.29. The van der Waals surface area contributed by atoms with Crippen LogP contribution in [0, 0.1) is 5.92 Å². The highest BCUT2D eigenvalue weighted by molar-refractivity contribution is 6.17. The first-order valence-electron chi connectivity index (χ1n) is 5.97. The van der Waals surface area contributed by atoms with Crippen LogP contribution in [-0.4, -0.2) is 18.1 Å². The monoisotopic (exact) mass is 240 g/mol. The second-order valence-corrected chi connectivity index (χ2v) is 4.48. The number of nitrogens with zero attached hydrogens (tertiary/aromatic N) is 2. The predicted molar refractivity (Wildman–Crippen MR) is 71.1 cm³/mol. The van der Waals surface area contributed by atoms with E-state index in [0.29, 0.717) is 11.8 Å². The molecule has 16 heavy (non-hydrogen) atoms. The van der Waals surface area contributed by atoms with Gasteiger partial charge in [-0.3, -0.25) is 0 Å². The average Bonchev–Trinajstić information content (AvgIpc) is 2.35. The number of halogens is 1. The van der Waals surface area contributed by atoms with Crippen LogP contribution >= 0.6 is 11.6 Å². The second-order valence-electron chi connectivity index (χ2n) is 4.21. The van der Waals surface area contributed by atoms with E-state index >= 15 is 0 Å². The van der Waals surface area contributed by atoms with Gasteiger partial charge >= 0.3 is 0 Å². The third-order valence-corrected chi connectivity index (χ3v) is 3.21. The quantitative estimate of drug-likeness (QED) is 0.705. The number of hydrogen-bond acceptors (Lipinski definition) is 2. The van der Waals surface area contributed by atoms with E-state index in [1.54, 1.807) is 0 Å². The van der Waals surface area contributed by atoms with Crippen LogP contribution < -0.4 is 4.90 Å². The van der Waals surface area contributed by atoms with E-state index in [4.69, 9.17) is 11.6 Å². The molecule has 3 heteroatoms. The second kappa shape index (κ2) is 6.74. The van der Waals surface area contributed by atoms with Crippen LogP contribution in [0.15, 0.2) is 18.3 Å². The van der Waals surface area contributed by atoms with E-state index in [9.17, 15) is 0 Å². The lowest BCUT2D eigenvalue weighted by Crippen LogP contribution is -2.28. The molecule has 0 fully saturated rings. The van der Waals surface area contributed by atoms with E-state index in [1.165, 1.54) is 6.42 Å². The van der Waals surface area contributed by atoms with Crippen molar-refractivity contribution in [3.63, 3.8) is 0 Å². The summed E-state index contributed by atoms with van der Waals surface area (Å²) in [6.45, 7) is 8.73.